The molecular formula is C17H15F3N4O2. The van der Waals surface area contributed by atoms with Crippen LogP contribution in [-0.2, 0) is 17.5 Å². The number of hydrogen-bond acceptors (Lipinski definition) is 4. The van der Waals surface area contributed by atoms with E-state index in [0.29, 0.717) is 5.75 Å². The van der Waals surface area contributed by atoms with Crippen LogP contribution in [0.4, 0.5) is 13.2 Å². The molecule has 0 fully saturated rings. The minimum Gasteiger partial charge on any atom is -0.484 e. The van der Waals surface area contributed by atoms with Crippen molar-refractivity contribution in [2.45, 2.75) is 19.6 Å². The number of pyridine rings is 1. The molecule has 26 heavy (non-hydrogen) atoms. The lowest BCUT2D eigenvalue weighted by Crippen LogP contribution is -2.29. The molecule has 0 spiro atoms. The molecule has 0 bridgehead atoms. The standard InChI is InChI=1S/C17H15F3N4O2/c1-11-4-2-3-5-13(11)26-10-16(25)21-8-15-23-22-14-7-6-12(9-24(14)15)17(18,19)20/h2-7,9H,8,10H2,1H3,(H,21,25). The molecule has 3 aromatic rings. The maximum absolute atomic E-state index is 12.8. The molecule has 2 aromatic heterocycles. The van der Waals surface area contributed by atoms with E-state index in [-0.39, 0.29) is 24.6 Å². The highest BCUT2D eigenvalue weighted by molar-refractivity contribution is 5.77. The van der Waals surface area contributed by atoms with E-state index in [1.54, 1.807) is 12.1 Å². The molecule has 0 radical (unpaired) electrons. The van der Waals surface area contributed by atoms with E-state index in [2.05, 4.69) is 15.5 Å². The summed E-state index contributed by atoms with van der Waals surface area (Å²) in [5.74, 6) is 0.359. The first-order chi connectivity index (χ1) is 12.3. The number of halogens is 3. The van der Waals surface area contributed by atoms with Gasteiger partial charge in [0, 0.05) is 6.20 Å². The third-order valence-corrected chi connectivity index (χ3v) is 3.70. The minimum atomic E-state index is -4.47. The summed E-state index contributed by atoms with van der Waals surface area (Å²) in [5.41, 5.74) is 0.335. The number of rotatable bonds is 5. The highest BCUT2D eigenvalue weighted by Gasteiger charge is 2.31. The topological polar surface area (TPSA) is 68.5 Å². The van der Waals surface area contributed by atoms with Crippen LogP contribution in [0.2, 0.25) is 0 Å². The van der Waals surface area contributed by atoms with Crippen molar-refractivity contribution in [3.63, 3.8) is 0 Å². The number of nitrogens with one attached hydrogen (secondary N) is 1. The van der Waals surface area contributed by atoms with Gasteiger partial charge in [0.05, 0.1) is 12.1 Å². The first kappa shape index (κ1) is 17.7. The van der Waals surface area contributed by atoms with Gasteiger partial charge in [0.1, 0.15) is 5.75 Å². The summed E-state index contributed by atoms with van der Waals surface area (Å²) in [6.07, 6.45) is -3.57. The van der Waals surface area contributed by atoms with Gasteiger partial charge in [-0.25, -0.2) is 0 Å². The summed E-state index contributed by atoms with van der Waals surface area (Å²) in [4.78, 5) is 11.9. The fourth-order valence-electron chi connectivity index (χ4n) is 2.32. The summed E-state index contributed by atoms with van der Waals surface area (Å²) in [5, 5.41) is 10.2. The maximum atomic E-state index is 12.8. The number of benzene rings is 1. The molecule has 3 rings (SSSR count). The van der Waals surface area contributed by atoms with E-state index in [1.165, 1.54) is 10.5 Å². The van der Waals surface area contributed by atoms with Gasteiger partial charge in [-0.3, -0.25) is 9.20 Å². The second-order valence-corrected chi connectivity index (χ2v) is 5.59. The zero-order chi connectivity index (χ0) is 18.7. The Kier molecular flexibility index (Phi) is 4.79. The van der Waals surface area contributed by atoms with E-state index >= 15 is 0 Å². The molecule has 0 saturated carbocycles. The fraction of sp³-hybridized carbons (Fsp3) is 0.235. The van der Waals surface area contributed by atoms with Gasteiger partial charge in [-0.15, -0.1) is 10.2 Å². The van der Waals surface area contributed by atoms with Gasteiger partial charge in [-0.1, -0.05) is 18.2 Å². The molecule has 6 nitrogen and oxygen atoms in total. The van der Waals surface area contributed by atoms with E-state index in [9.17, 15) is 18.0 Å². The second-order valence-electron chi connectivity index (χ2n) is 5.59. The molecule has 9 heteroatoms. The van der Waals surface area contributed by atoms with Crippen molar-refractivity contribution in [2.24, 2.45) is 0 Å². The largest absolute Gasteiger partial charge is 0.484 e. The Morgan fingerprint density at radius 3 is 2.69 bits per heavy atom. The Morgan fingerprint density at radius 1 is 1.19 bits per heavy atom. The highest BCUT2D eigenvalue weighted by atomic mass is 19.4. The number of para-hydroxylation sites is 1. The van der Waals surface area contributed by atoms with Crippen molar-refractivity contribution in [3.8, 4) is 5.75 Å². The van der Waals surface area contributed by atoms with Gasteiger partial charge in [-0.2, -0.15) is 13.2 Å². The lowest BCUT2D eigenvalue weighted by molar-refractivity contribution is -0.137. The first-order valence-electron chi connectivity index (χ1n) is 7.70. The van der Waals surface area contributed by atoms with Crippen molar-refractivity contribution < 1.29 is 22.7 Å². The van der Waals surface area contributed by atoms with Crippen molar-refractivity contribution in [1.82, 2.24) is 19.9 Å². The zero-order valence-electron chi connectivity index (χ0n) is 13.7. The monoisotopic (exact) mass is 364 g/mol. The number of fused-ring (bicyclic) bond motifs is 1. The zero-order valence-corrected chi connectivity index (χ0v) is 13.7. The predicted molar refractivity (Wildman–Crippen MR) is 86.5 cm³/mol. The van der Waals surface area contributed by atoms with Crippen molar-refractivity contribution >= 4 is 11.6 Å². The molecule has 0 aliphatic rings. The van der Waals surface area contributed by atoms with E-state index in [4.69, 9.17) is 4.74 Å². The Balaban J connectivity index is 1.64. The van der Waals surface area contributed by atoms with E-state index < -0.39 is 17.6 Å². The third-order valence-electron chi connectivity index (χ3n) is 3.70. The Morgan fingerprint density at radius 2 is 1.96 bits per heavy atom. The third kappa shape index (κ3) is 3.93. The van der Waals surface area contributed by atoms with Crippen LogP contribution in [0.15, 0.2) is 42.6 Å². The Bertz CT molecular complexity index is 937. The molecule has 0 unspecified atom stereocenters. The Labute approximate surface area is 146 Å². The van der Waals surface area contributed by atoms with Gasteiger partial charge in [-0.05, 0) is 30.7 Å². The number of aromatic nitrogens is 3. The number of carbonyl (C=O) groups excluding carboxylic acids is 1. The van der Waals surface area contributed by atoms with Crippen molar-refractivity contribution in [1.29, 1.82) is 0 Å². The van der Waals surface area contributed by atoms with E-state index in [0.717, 1.165) is 17.8 Å². The molecule has 0 saturated heterocycles. The molecule has 1 aromatic carbocycles. The molecule has 136 valence electrons. The van der Waals surface area contributed by atoms with E-state index in [1.807, 2.05) is 19.1 Å². The molecule has 0 aliphatic heterocycles. The first-order valence-corrected chi connectivity index (χ1v) is 7.70. The quantitative estimate of drug-likeness (QED) is 0.756. The number of ether oxygens (including phenoxy) is 1. The molecule has 0 aliphatic carbocycles. The number of nitrogens with zero attached hydrogens (tertiary/aromatic N) is 3. The number of amides is 1. The molecule has 1 N–H and O–H groups in total. The summed E-state index contributed by atoms with van der Waals surface area (Å²) in [6.45, 7) is 1.57. The number of hydrogen-bond donors (Lipinski definition) is 1. The van der Waals surface area contributed by atoms with Gasteiger partial charge in [0.15, 0.2) is 18.1 Å². The molecule has 1 amide bonds. The molecule has 2 heterocycles. The van der Waals surface area contributed by atoms with Crippen LogP contribution >= 0.6 is 0 Å². The SMILES string of the molecule is Cc1ccccc1OCC(=O)NCc1nnc2ccc(C(F)(F)F)cn12. The van der Waals surface area contributed by atoms with Gasteiger partial charge in [0.2, 0.25) is 0 Å². The van der Waals surface area contributed by atoms with Crippen LogP contribution in [0.1, 0.15) is 17.0 Å². The maximum Gasteiger partial charge on any atom is 0.417 e. The summed E-state index contributed by atoms with van der Waals surface area (Å²) in [6, 6.07) is 9.40. The lowest BCUT2D eigenvalue weighted by atomic mass is 10.2. The summed E-state index contributed by atoms with van der Waals surface area (Å²) < 4.78 is 45.1. The second kappa shape index (κ2) is 7.03. The summed E-state index contributed by atoms with van der Waals surface area (Å²) in [7, 11) is 0. The van der Waals surface area contributed by atoms with Crippen molar-refractivity contribution in [3.05, 3.63) is 59.5 Å². The van der Waals surface area contributed by atoms with Crippen LogP contribution in [0, 0.1) is 6.92 Å². The van der Waals surface area contributed by atoms with Crippen LogP contribution in [0.25, 0.3) is 5.65 Å². The number of alkyl halides is 3. The average Bonchev–Trinajstić information content (AvgIpc) is 3.01. The number of carbonyl (C=O) groups is 1. The minimum absolute atomic E-state index is 0.0710. The smallest absolute Gasteiger partial charge is 0.417 e. The average molecular weight is 364 g/mol. The highest BCUT2D eigenvalue weighted by Crippen LogP contribution is 2.29. The van der Waals surface area contributed by atoms with Gasteiger partial charge in [0.25, 0.3) is 5.91 Å². The van der Waals surface area contributed by atoms with Crippen molar-refractivity contribution in [2.75, 3.05) is 6.61 Å². The van der Waals surface area contributed by atoms with Gasteiger partial charge < -0.3 is 10.1 Å². The van der Waals surface area contributed by atoms with Crippen LogP contribution in [0.5, 0.6) is 5.75 Å². The molecule has 0 atom stereocenters. The normalized spacial score (nSPS) is 11.5. The molecular weight excluding hydrogens is 349 g/mol. The van der Waals surface area contributed by atoms with Crippen LogP contribution in [-0.4, -0.2) is 27.1 Å². The van der Waals surface area contributed by atoms with Crippen LogP contribution in [0.3, 0.4) is 0 Å². The fourth-order valence-corrected chi connectivity index (χ4v) is 2.32. The predicted octanol–water partition coefficient (Wildman–Crippen LogP) is 2.75. The Hall–Kier alpha value is -3.10. The lowest BCUT2D eigenvalue weighted by Gasteiger charge is -2.09. The van der Waals surface area contributed by atoms with Crippen LogP contribution < -0.4 is 10.1 Å². The number of aryl methyl sites for hydroxylation is 1. The summed E-state index contributed by atoms with van der Waals surface area (Å²) >= 11 is 0. The van der Waals surface area contributed by atoms with Gasteiger partial charge >= 0.3 is 6.18 Å².